The minimum absolute atomic E-state index is 0.177. The normalized spacial score (nSPS) is 17.7. The molecular weight excluding hydrogens is 302 g/mol. The Morgan fingerprint density at radius 1 is 1.35 bits per heavy atom. The van der Waals surface area contributed by atoms with Gasteiger partial charge in [0.15, 0.2) is 0 Å². The molecule has 2 rings (SSSR count). The Bertz CT molecular complexity index is 553. The zero-order chi connectivity index (χ0) is 14.6. The van der Waals surface area contributed by atoms with E-state index in [-0.39, 0.29) is 4.90 Å². The molecule has 1 aromatic rings. The molecule has 0 unspecified atom stereocenters. The fraction of sp³-hybridized carbons (Fsp3) is 0.538. The van der Waals surface area contributed by atoms with Crippen LogP contribution in [0.4, 0.5) is 0 Å². The van der Waals surface area contributed by atoms with Crippen molar-refractivity contribution in [1.82, 2.24) is 4.31 Å². The quantitative estimate of drug-likeness (QED) is 0.795. The summed E-state index contributed by atoms with van der Waals surface area (Å²) < 4.78 is 37.3. The minimum atomic E-state index is -3.57. The Morgan fingerprint density at radius 2 is 2.15 bits per heavy atom. The number of alkyl halides is 1. The van der Waals surface area contributed by atoms with Gasteiger partial charge in [-0.25, -0.2) is 8.42 Å². The van der Waals surface area contributed by atoms with Crippen molar-refractivity contribution in [2.24, 2.45) is 0 Å². The lowest BCUT2D eigenvalue weighted by molar-refractivity contribution is 0.148. The van der Waals surface area contributed by atoms with Crippen LogP contribution in [0, 0.1) is 0 Å². The van der Waals surface area contributed by atoms with Gasteiger partial charge in [-0.2, -0.15) is 4.31 Å². The second-order valence-electron chi connectivity index (χ2n) is 4.49. The number of hydrogen-bond acceptors (Lipinski definition) is 4. The third kappa shape index (κ3) is 3.25. The summed E-state index contributed by atoms with van der Waals surface area (Å²) in [7, 11) is -2.11. The van der Waals surface area contributed by atoms with Crippen LogP contribution in [0.5, 0.6) is 5.75 Å². The molecule has 7 heteroatoms. The van der Waals surface area contributed by atoms with Crippen molar-refractivity contribution >= 4 is 21.6 Å². The summed E-state index contributed by atoms with van der Waals surface area (Å²) in [5.74, 6) is 0.641. The first kappa shape index (κ1) is 15.6. The smallest absolute Gasteiger partial charge is 0.246 e. The second-order valence-corrected chi connectivity index (χ2v) is 6.66. The summed E-state index contributed by atoms with van der Waals surface area (Å²) in [4.78, 5) is 0.177. The summed E-state index contributed by atoms with van der Waals surface area (Å²) in [6, 6.07) is 4.92. The molecule has 1 aromatic carbocycles. The molecule has 5 nitrogen and oxygen atoms in total. The lowest BCUT2D eigenvalue weighted by Gasteiger charge is -2.21. The van der Waals surface area contributed by atoms with Gasteiger partial charge in [0, 0.05) is 25.6 Å². The summed E-state index contributed by atoms with van der Waals surface area (Å²) in [6.45, 7) is 1.83. The summed E-state index contributed by atoms with van der Waals surface area (Å²) in [6.07, 6.45) is 0.696. The average molecular weight is 320 g/mol. The van der Waals surface area contributed by atoms with E-state index < -0.39 is 10.0 Å². The van der Waals surface area contributed by atoms with Gasteiger partial charge >= 0.3 is 0 Å². The topological polar surface area (TPSA) is 55.8 Å². The molecule has 0 radical (unpaired) electrons. The molecule has 20 heavy (non-hydrogen) atoms. The monoisotopic (exact) mass is 319 g/mol. The zero-order valence-corrected chi connectivity index (χ0v) is 12.9. The molecule has 0 N–H and O–H groups in total. The number of hydrogen-bond donors (Lipinski definition) is 0. The number of ether oxygens (including phenoxy) is 2. The van der Waals surface area contributed by atoms with Crippen LogP contribution in [-0.4, -0.2) is 46.1 Å². The molecule has 0 amide bonds. The highest BCUT2D eigenvalue weighted by Gasteiger charge is 2.28. The van der Waals surface area contributed by atoms with Crippen molar-refractivity contribution in [3.05, 3.63) is 23.8 Å². The maximum Gasteiger partial charge on any atom is 0.246 e. The fourth-order valence-corrected chi connectivity index (χ4v) is 3.88. The lowest BCUT2D eigenvalue weighted by Crippen LogP contribution is -2.33. The van der Waals surface area contributed by atoms with Gasteiger partial charge in [0.1, 0.15) is 10.6 Å². The molecule has 0 atom stereocenters. The lowest BCUT2D eigenvalue weighted by atomic mass is 10.2. The van der Waals surface area contributed by atoms with E-state index in [0.29, 0.717) is 44.4 Å². The molecule has 0 spiro atoms. The van der Waals surface area contributed by atoms with Crippen molar-refractivity contribution in [3.63, 3.8) is 0 Å². The zero-order valence-electron chi connectivity index (χ0n) is 11.3. The molecular formula is C13H18ClNO4S. The Morgan fingerprint density at radius 3 is 2.85 bits per heavy atom. The van der Waals surface area contributed by atoms with Crippen molar-refractivity contribution in [3.8, 4) is 5.75 Å². The van der Waals surface area contributed by atoms with Gasteiger partial charge in [-0.1, -0.05) is 6.07 Å². The van der Waals surface area contributed by atoms with Crippen LogP contribution in [0.3, 0.4) is 0 Å². The van der Waals surface area contributed by atoms with E-state index >= 15 is 0 Å². The van der Waals surface area contributed by atoms with Gasteiger partial charge in [0.25, 0.3) is 0 Å². The molecule has 1 aliphatic rings. The van der Waals surface area contributed by atoms with E-state index in [2.05, 4.69) is 0 Å². The SMILES string of the molecule is COc1cc(CCl)ccc1S(=O)(=O)N1CCCOCC1. The second kappa shape index (κ2) is 6.76. The molecule has 0 bridgehead atoms. The maximum atomic E-state index is 12.7. The van der Waals surface area contributed by atoms with Crippen LogP contribution < -0.4 is 4.74 Å². The predicted octanol–water partition coefficient (Wildman–Crippen LogP) is 1.85. The first-order valence-corrected chi connectivity index (χ1v) is 8.38. The summed E-state index contributed by atoms with van der Waals surface area (Å²) in [5, 5.41) is 0. The first-order valence-electron chi connectivity index (χ1n) is 6.40. The minimum Gasteiger partial charge on any atom is -0.495 e. The number of halogens is 1. The molecule has 0 aromatic heterocycles. The Labute approximate surface area is 124 Å². The van der Waals surface area contributed by atoms with Crippen LogP contribution in [0.15, 0.2) is 23.1 Å². The standard InChI is InChI=1S/C13H18ClNO4S/c1-18-12-9-11(10-14)3-4-13(12)20(16,17)15-5-2-7-19-8-6-15/h3-4,9H,2,5-8,10H2,1H3. The fourth-order valence-electron chi connectivity index (χ4n) is 2.11. The van der Waals surface area contributed by atoms with Gasteiger partial charge in [-0.15, -0.1) is 11.6 Å². The first-order chi connectivity index (χ1) is 9.59. The molecule has 0 saturated carbocycles. The molecule has 0 aliphatic carbocycles. The van der Waals surface area contributed by atoms with E-state index in [1.165, 1.54) is 11.4 Å². The largest absolute Gasteiger partial charge is 0.495 e. The maximum absolute atomic E-state index is 12.7. The van der Waals surface area contributed by atoms with E-state index in [0.717, 1.165) is 5.56 Å². The van der Waals surface area contributed by atoms with Crippen LogP contribution in [-0.2, 0) is 20.6 Å². The van der Waals surface area contributed by atoms with E-state index in [1.807, 2.05) is 0 Å². The van der Waals surface area contributed by atoms with Crippen molar-refractivity contribution in [1.29, 1.82) is 0 Å². The van der Waals surface area contributed by atoms with Gasteiger partial charge in [-0.3, -0.25) is 0 Å². The summed E-state index contributed by atoms with van der Waals surface area (Å²) in [5.41, 5.74) is 0.821. The van der Waals surface area contributed by atoms with Crippen molar-refractivity contribution in [2.45, 2.75) is 17.2 Å². The van der Waals surface area contributed by atoms with Crippen LogP contribution >= 0.6 is 11.6 Å². The number of benzene rings is 1. The van der Waals surface area contributed by atoms with Crippen LogP contribution in [0.25, 0.3) is 0 Å². The van der Waals surface area contributed by atoms with Crippen LogP contribution in [0.1, 0.15) is 12.0 Å². The highest BCUT2D eigenvalue weighted by Crippen LogP contribution is 2.28. The molecule has 1 saturated heterocycles. The Hall–Kier alpha value is -0.820. The number of nitrogens with zero attached hydrogens (tertiary/aromatic N) is 1. The average Bonchev–Trinajstić information content (AvgIpc) is 2.76. The van der Waals surface area contributed by atoms with Gasteiger partial charge in [0.2, 0.25) is 10.0 Å². The summed E-state index contributed by atoms with van der Waals surface area (Å²) >= 11 is 5.76. The number of methoxy groups -OCH3 is 1. The Kier molecular flexibility index (Phi) is 5.26. The highest BCUT2D eigenvalue weighted by atomic mass is 35.5. The van der Waals surface area contributed by atoms with Gasteiger partial charge in [0.05, 0.1) is 13.7 Å². The van der Waals surface area contributed by atoms with E-state index in [9.17, 15) is 8.42 Å². The molecule has 1 heterocycles. The number of sulfonamides is 1. The van der Waals surface area contributed by atoms with Crippen molar-refractivity contribution < 1.29 is 17.9 Å². The van der Waals surface area contributed by atoms with Crippen LogP contribution in [0.2, 0.25) is 0 Å². The third-order valence-corrected chi connectivity index (χ3v) is 5.43. The Balaban J connectivity index is 2.37. The highest BCUT2D eigenvalue weighted by molar-refractivity contribution is 7.89. The third-order valence-electron chi connectivity index (χ3n) is 3.18. The molecule has 1 fully saturated rings. The van der Waals surface area contributed by atoms with Crippen molar-refractivity contribution in [2.75, 3.05) is 33.4 Å². The molecule has 1 aliphatic heterocycles. The molecule has 112 valence electrons. The number of rotatable bonds is 4. The predicted molar refractivity (Wildman–Crippen MR) is 76.7 cm³/mol. The van der Waals surface area contributed by atoms with Gasteiger partial charge < -0.3 is 9.47 Å². The van der Waals surface area contributed by atoms with E-state index in [1.54, 1.807) is 18.2 Å². The van der Waals surface area contributed by atoms with E-state index in [4.69, 9.17) is 21.1 Å². The van der Waals surface area contributed by atoms with Gasteiger partial charge in [-0.05, 0) is 24.1 Å².